The van der Waals surface area contributed by atoms with E-state index in [-0.39, 0.29) is 17.2 Å². The lowest BCUT2D eigenvalue weighted by atomic mass is 9.69. The standard InChI is InChI=1S/C19H33N3O2/c1-13(2)18-21-17(24-22-18)12-8-11-16(23)20-15-10-7-6-9-14(15)19(3,4)5/h13-15H,6-12H2,1-5H3,(H,20,23). The molecule has 0 radical (unpaired) electrons. The average molecular weight is 335 g/mol. The van der Waals surface area contributed by atoms with E-state index in [1.54, 1.807) is 0 Å². The van der Waals surface area contributed by atoms with Crippen LogP contribution < -0.4 is 5.32 Å². The van der Waals surface area contributed by atoms with Gasteiger partial charge in [0.2, 0.25) is 11.8 Å². The van der Waals surface area contributed by atoms with Crippen molar-refractivity contribution in [2.24, 2.45) is 11.3 Å². The first-order valence-corrected chi connectivity index (χ1v) is 9.39. The summed E-state index contributed by atoms with van der Waals surface area (Å²) in [5, 5.41) is 7.24. The first-order chi connectivity index (χ1) is 11.3. The molecule has 0 bridgehead atoms. The molecular weight excluding hydrogens is 302 g/mol. The van der Waals surface area contributed by atoms with Gasteiger partial charge in [0.1, 0.15) is 0 Å². The number of carbonyl (C=O) groups excluding carboxylic acids is 1. The molecule has 1 aromatic heterocycles. The van der Waals surface area contributed by atoms with Crippen LogP contribution in [0.4, 0.5) is 0 Å². The summed E-state index contributed by atoms with van der Waals surface area (Å²) in [5.74, 6) is 2.37. The second-order valence-corrected chi connectivity index (χ2v) is 8.49. The summed E-state index contributed by atoms with van der Waals surface area (Å²) in [4.78, 5) is 16.7. The summed E-state index contributed by atoms with van der Waals surface area (Å²) in [6, 6.07) is 0.321. The van der Waals surface area contributed by atoms with Crippen LogP contribution in [0.15, 0.2) is 4.52 Å². The Hall–Kier alpha value is -1.39. The molecule has 1 heterocycles. The highest BCUT2D eigenvalue weighted by molar-refractivity contribution is 5.76. The van der Waals surface area contributed by atoms with E-state index in [1.807, 2.05) is 13.8 Å². The van der Waals surface area contributed by atoms with Crippen molar-refractivity contribution in [3.8, 4) is 0 Å². The zero-order valence-electron chi connectivity index (χ0n) is 15.9. The second-order valence-electron chi connectivity index (χ2n) is 8.49. The molecule has 5 heteroatoms. The van der Waals surface area contributed by atoms with Gasteiger partial charge in [0, 0.05) is 24.8 Å². The SMILES string of the molecule is CC(C)c1noc(CCCC(=O)NC2CCCCC2C(C)(C)C)n1. The number of hydrogen-bond donors (Lipinski definition) is 1. The molecule has 136 valence electrons. The number of nitrogens with zero attached hydrogens (tertiary/aromatic N) is 2. The number of nitrogens with one attached hydrogen (secondary N) is 1. The van der Waals surface area contributed by atoms with Crippen LogP contribution in [0, 0.1) is 11.3 Å². The molecule has 1 fully saturated rings. The number of carbonyl (C=O) groups is 1. The van der Waals surface area contributed by atoms with Gasteiger partial charge in [-0.15, -0.1) is 0 Å². The van der Waals surface area contributed by atoms with Crippen LogP contribution in [-0.2, 0) is 11.2 Å². The van der Waals surface area contributed by atoms with Crippen molar-refractivity contribution in [3.63, 3.8) is 0 Å². The van der Waals surface area contributed by atoms with Crippen molar-refractivity contribution in [1.82, 2.24) is 15.5 Å². The van der Waals surface area contributed by atoms with E-state index in [2.05, 4.69) is 36.2 Å². The topological polar surface area (TPSA) is 68.0 Å². The summed E-state index contributed by atoms with van der Waals surface area (Å²) in [5.41, 5.74) is 0.245. The minimum absolute atomic E-state index is 0.153. The molecule has 1 aromatic rings. The van der Waals surface area contributed by atoms with E-state index >= 15 is 0 Å². The molecule has 2 atom stereocenters. The predicted octanol–water partition coefficient (Wildman–Crippen LogP) is 4.24. The van der Waals surface area contributed by atoms with Gasteiger partial charge in [-0.1, -0.05) is 52.6 Å². The maximum Gasteiger partial charge on any atom is 0.226 e. The summed E-state index contributed by atoms with van der Waals surface area (Å²) in [6.45, 7) is 10.9. The Morgan fingerprint density at radius 3 is 2.62 bits per heavy atom. The van der Waals surface area contributed by atoms with Gasteiger partial charge in [-0.2, -0.15) is 4.98 Å². The van der Waals surface area contributed by atoms with Crippen LogP contribution >= 0.6 is 0 Å². The van der Waals surface area contributed by atoms with E-state index in [0.717, 1.165) is 18.7 Å². The largest absolute Gasteiger partial charge is 0.353 e. The predicted molar refractivity (Wildman–Crippen MR) is 94.7 cm³/mol. The fraction of sp³-hybridized carbons (Fsp3) is 0.842. The lowest BCUT2D eigenvalue weighted by Gasteiger charge is -2.40. The van der Waals surface area contributed by atoms with Gasteiger partial charge in [0.15, 0.2) is 5.82 Å². The van der Waals surface area contributed by atoms with Crippen molar-refractivity contribution in [3.05, 3.63) is 11.7 Å². The van der Waals surface area contributed by atoms with Crippen LogP contribution in [0.2, 0.25) is 0 Å². The zero-order chi connectivity index (χ0) is 17.7. The van der Waals surface area contributed by atoms with Crippen LogP contribution in [0.25, 0.3) is 0 Å². The lowest BCUT2D eigenvalue weighted by Crippen LogP contribution is -2.46. The highest BCUT2D eigenvalue weighted by atomic mass is 16.5. The summed E-state index contributed by atoms with van der Waals surface area (Å²) in [6.07, 6.45) is 6.76. The second kappa shape index (κ2) is 8.13. The quantitative estimate of drug-likeness (QED) is 0.844. The van der Waals surface area contributed by atoms with E-state index in [4.69, 9.17) is 4.52 Å². The Bertz CT molecular complexity index is 531. The van der Waals surface area contributed by atoms with Crippen LogP contribution in [-0.4, -0.2) is 22.1 Å². The van der Waals surface area contributed by atoms with Crippen molar-refractivity contribution >= 4 is 5.91 Å². The lowest BCUT2D eigenvalue weighted by molar-refractivity contribution is -0.122. The summed E-state index contributed by atoms with van der Waals surface area (Å²) in [7, 11) is 0. The fourth-order valence-corrected chi connectivity index (χ4v) is 3.62. The highest BCUT2D eigenvalue weighted by Gasteiger charge is 2.34. The smallest absolute Gasteiger partial charge is 0.226 e. The Kier molecular flexibility index (Phi) is 6.41. The molecule has 5 nitrogen and oxygen atoms in total. The minimum Gasteiger partial charge on any atom is -0.353 e. The maximum atomic E-state index is 12.3. The third-order valence-electron chi connectivity index (χ3n) is 5.02. The van der Waals surface area contributed by atoms with E-state index in [1.165, 1.54) is 19.3 Å². The Labute approximate surface area is 146 Å². The third kappa shape index (κ3) is 5.32. The maximum absolute atomic E-state index is 12.3. The molecular formula is C19H33N3O2. The molecule has 0 saturated heterocycles. The molecule has 0 aromatic carbocycles. The molecule has 1 aliphatic rings. The van der Waals surface area contributed by atoms with Gasteiger partial charge < -0.3 is 9.84 Å². The van der Waals surface area contributed by atoms with Gasteiger partial charge >= 0.3 is 0 Å². The average Bonchev–Trinajstić information content (AvgIpc) is 2.96. The van der Waals surface area contributed by atoms with E-state index < -0.39 is 0 Å². The van der Waals surface area contributed by atoms with Gasteiger partial charge in [-0.3, -0.25) is 4.79 Å². The number of aromatic nitrogens is 2. The Balaban J connectivity index is 1.77. The first kappa shape index (κ1) is 18.9. The molecule has 1 saturated carbocycles. The summed E-state index contributed by atoms with van der Waals surface area (Å²) >= 11 is 0. The fourth-order valence-electron chi connectivity index (χ4n) is 3.62. The first-order valence-electron chi connectivity index (χ1n) is 9.39. The number of aryl methyl sites for hydroxylation is 1. The number of hydrogen-bond acceptors (Lipinski definition) is 4. The van der Waals surface area contributed by atoms with Crippen LogP contribution in [0.3, 0.4) is 0 Å². The monoisotopic (exact) mass is 335 g/mol. The van der Waals surface area contributed by atoms with Gasteiger partial charge in [0.05, 0.1) is 0 Å². The molecule has 2 unspecified atom stereocenters. The molecule has 1 N–H and O–H groups in total. The van der Waals surface area contributed by atoms with E-state index in [9.17, 15) is 4.79 Å². The highest BCUT2D eigenvalue weighted by Crippen LogP contribution is 2.38. The van der Waals surface area contributed by atoms with E-state index in [0.29, 0.717) is 30.7 Å². The van der Waals surface area contributed by atoms with Crippen LogP contribution in [0.1, 0.15) is 90.8 Å². The molecule has 1 amide bonds. The van der Waals surface area contributed by atoms with Crippen molar-refractivity contribution < 1.29 is 9.32 Å². The molecule has 24 heavy (non-hydrogen) atoms. The molecule has 0 aliphatic heterocycles. The zero-order valence-corrected chi connectivity index (χ0v) is 15.9. The molecule has 1 aliphatic carbocycles. The van der Waals surface area contributed by atoms with Gasteiger partial charge in [-0.05, 0) is 30.6 Å². The van der Waals surface area contributed by atoms with Gasteiger partial charge in [-0.25, -0.2) is 0 Å². The Morgan fingerprint density at radius 2 is 2.00 bits per heavy atom. The summed E-state index contributed by atoms with van der Waals surface area (Å²) < 4.78 is 5.23. The third-order valence-corrected chi connectivity index (χ3v) is 5.02. The number of rotatable bonds is 6. The minimum atomic E-state index is 0.153. The molecule has 0 spiro atoms. The molecule has 2 rings (SSSR count). The normalized spacial score (nSPS) is 21.9. The van der Waals surface area contributed by atoms with Gasteiger partial charge in [0.25, 0.3) is 0 Å². The number of amides is 1. The van der Waals surface area contributed by atoms with Crippen LogP contribution in [0.5, 0.6) is 0 Å². The Morgan fingerprint density at radius 1 is 1.29 bits per heavy atom. The van der Waals surface area contributed by atoms with Crippen molar-refractivity contribution in [1.29, 1.82) is 0 Å². The van der Waals surface area contributed by atoms with Crippen molar-refractivity contribution in [2.75, 3.05) is 0 Å². The van der Waals surface area contributed by atoms with Crippen molar-refractivity contribution in [2.45, 2.75) is 91.5 Å².